The predicted octanol–water partition coefficient (Wildman–Crippen LogP) is 2.06. The molecule has 1 amide bonds. The van der Waals surface area contributed by atoms with Crippen LogP contribution in [0.1, 0.15) is 18.5 Å². The van der Waals surface area contributed by atoms with Gasteiger partial charge in [0.25, 0.3) is 0 Å². The number of carbonyl (C=O) groups is 1. The van der Waals surface area contributed by atoms with E-state index in [1.165, 1.54) is 0 Å². The van der Waals surface area contributed by atoms with Crippen LogP contribution < -0.4 is 15.4 Å². The maximum Gasteiger partial charge on any atom is 0.246 e. The Bertz CT molecular complexity index is 434. The van der Waals surface area contributed by atoms with E-state index in [1.54, 1.807) is 7.05 Å². The quantitative estimate of drug-likeness (QED) is 0.893. The number of benzene rings is 1. The minimum atomic E-state index is -0.276. The third-order valence-corrected chi connectivity index (χ3v) is 3.14. The van der Waals surface area contributed by atoms with Gasteiger partial charge in [-0.3, -0.25) is 4.79 Å². The molecule has 1 aromatic carbocycles. The van der Waals surface area contributed by atoms with Crippen LogP contribution in [0.4, 0.5) is 5.69 Å². The van der Waals surface area contributed by atoms with Gasteiger partial charge in [0, 0.05) is 17.3 Å². The van der Waals surface area contributed by atoms with Crippen LogP contribution >= 0.6 is 15.9 Å². The number of amides is 1. The summed E-state index contributed by atoms with van der Waals surface area (Å²) in [4.78, 5) is 11.6. The van der Waals surface area contributed by atoms with Crippen molar-refractivity contribution in [2.75, 3.05) is 19.0 Å². The first-order chi connectivity index (χ1) is 7.67. The Morgan fingerprint density at radius 2 is 2.31 bits per heavy atom. The molecule has 0 spiro atoms. The van der Waals surface area contributed by atoms with E-state index in [2.05, 4.69) is 26.6 Å². The zero-order valence-electron chi connectivity index (χ0n) is 9.13. The summed E-state index contributed by atoms with van der Waals surface area (Å²) in [6, 6.07) is 3.49. The summed E-state index contributed by atoms with van der Waals surface area (Å²) in [5.41, 5.74) is 1.76. The van der Waals surface area contributed by atoms with Crippen molar-refractivity contribution in [3.05, 3.63) is 22.2 Å². The number of anilines is 1. The van der Waals surface area contributed by atoms with E-state index in [1.807, 2.05) is 19.1 Å². The van der Waals surface area contributed by atoms with Crippen LogP contribution in [-0.4, -0.2) is 19.6 Å². The molecule has 1 heterocycles. The lowest BCUT2D eigenvalue weighted by Gasteiger charge is -2.10. The molecule has 0 radical (unpaired) electrons. The minimum Gasteiger partial charge on any atom is -0.493 e. The number of ether oxygens (including phenoxy) is 1. The summed E-state index contributed by atoms with van der Waals surface area (Å²) in [6.45, 7) is 2.52. The summed E-state index contributed by atoms with van der Waals surface area (Å²) in [5.74, 6) is 0.719. The summed E-state index contributed by atoms with van der Waals surface area (Å²) in [6.07, 6.45) is 0. The fraction of sp³-hybridized carbons (Fsp3) is 0.364. The Morgan fingerprint density at radius 3 is 2.94 bits per heavy atom. The van der Waals surface area contributed by atoms with E-state index in [9.17, 15) is 4.79 Å². The van der Waals surface area contributed by atoms with E-state index < -0.39 is 0 Å². The predicted molar refractivity (Wildman–Crippen MR) is 65.7 cm³/mol. The highest BCUT2D eigenvalue weighted by Crippen LogP contribution is 2.38. The van der Waals surface area contributed by atoms with Crippen molar-refractivity contribution >= 4 is 27.5 Å². The number of rotatable bonds is 3. The van der Waals surface area contributed by atoms with Gasteiger partial charge in [-0.05, 0) is 36.0 Å². The molecule has 0 saturated carbocycles. The molecule has 5 heteroatoms. The molecule has 0 aromatic heterocycles. The number of hydrogen-bond donors (Lipinski definition) is 2. The zero-order chi connectivity index (χ0) is 11.7. The largest absolute Gasteiger partial charge is 0.493 e. The monoisotopic (exact) mass is 284 g/mol. The summed E-state index contributed by atoms with van der Waals surface area (Å²) in [7, 11) is 1.77. The van der Waals surface area contributed by atoms with E-state index in [0.29, 0.717) is 6.61 Å². The SMILES string of the molecule is CCOc1cc2c(cc1Br)C(NC)C(=O)N2. The molecule has 0 saturated heterocycles. The number of carbonyl (C=O) groups excluding carboxylic acids is 1. The van der Waals surface area contributed by atoms with E-state index in [-0.39, 0.29) is 11.9 Å². The minimum absolute atomic E-state index is 0.0296. The Kier molecular flexibility index (Phi) is 3.16. The van der Waals surface area contributed by atoms with Crippen molar-refractivity contribution in [2.24, 2.45) is 0 Å². The summed E-state index contributed by atoms with van der Waals surface area (Å²) < 4.78 is 6.31. The van der Waals surface area contributed by atoms with Gasteiger partial charge in [0.2, 0.25) is 5.91 Å². The number of halogens is 1. The number of fused-ring (bicyclic) bond motifs is 1. The average Bonchev–Trinajstić information content (AvgIpc) is 2.54. The fourth-order valence-electron chi connectivity index (χ4n) is 1.81. The third-order valence-electron chi connectivity index (χ3n) is 2.52. The number of nitrogens with one attached hydrogen (secondary N) is 2. The molecule has 0 fully saturated rings. The second kappa shape index (κ2) is 4.43. The molecule has 1 atom stereocenters. The van der Waals surface area contributed by atoms with Gasteiger partial charge in [0.05, 0.1) is 11.1 Å². The molecular formula is C11H13BrN2O2. The van der Waals surface area contributed by atoms with Crippen molar-refractivity contribution in [1.82, 2.24) is 5.32 Å². The standard InChI is InChI=1S/C11H13BrN2O2/c1-3-16-9-5-8-6(4-7(9)12)10(13-2)11(15)14-8/h4-5,10,13H,3H2,1-2H3,(H,14,15). The number of likely N-dealkylation sites (N-methyl/N-ethyl adjacent to an activating group) is 1. The van der Waals surface area contributed by atoms with Gasteiger partial charge >= 0.3 is 0 Å². The van der Waals surface area contributed by atoms with E-state index >= 15 is 0 Å². The van der Waals surface area contributed by atoms with Gasteiger partial charge in [-0.2, -0.15) is 0 Å². The van der Waals surface area contributed by atoms with Crippen LogP contribution in [0.2, 0.25) is 0 Å². The lowest BCUT2D eigenvalue weighted by atomic mass is 10.1. The molecular weight excluding hydrogens is 272 g/mol. The van der Waals surface area contributed by atoms with Crippen molar-refractivity contribution < 1.29 is 9.53 Å². The summed E-state index contributed by atoms with van der Waals surface area (Å²) >= 11 is 3.44. The molecule has 1 aliphatic heterocycles. The van der Waals surface area contributed by atoms with Crippen LogP contribution in [0.5, 0.6) is 5.75 Å². The molecule has 16 heavy (non-hydrogen) atoms. The smallest absolute Gasteiger partial charge is 0.246 e. The van der Waals surface area contributed by atoms with Gasteiger partial charge in [0.15, 0.2) is 0 Å². The molecule has 1 aliphatic rings. The Morgan fingerprint density at radius 1 is 1.56 bits per heavy atom. The highest BCUT2D eigenvalue weighted by molar-refractivity contribution is 9.10. The second-order valence-corrected chi connectivity index (χ2v) is 4.37. The average molecular weight is 285 g/mol. The lowest BCUT2D eigenvalue weighted by Crippen LogP contribution is -2.23. The first-order valence-electron chi connectivity index (χ1n) is 5.11. The van der Waals surface area contributed by atoms with Crippen LogP contribution in [0.25, 0.3) is 0 Å². The highest BCUT2D eigenvalue weighted by atomic mass is 79.9. The normalized spacial score (nSPS) is 18.2. The fourth-order valence-corrected chi connectivity index (χ4v) is 2.29. The Labute approximate surface area is 102 Å². The highest BCUT2D eigenvalue weighted by Gasteiger charge is 2.30. The first-order valence-corrected chi connectivity index (χ1v) is 5.91. The molecule has 4 nitrogen and oxygen atoms in total. The van der Waals surface area contributed by atoms with Crippen molar-refractivity contribution in [1.29, 1.82) is 0 Å². The molecule has 2 rings (SSSR count). The van der Waals surface area contributed by atoms with Crippen molar-refractivity contribution in [3.63, 3.8) is 0 Å². The summed E-state index contributed by atoms with van der Waals surface area (Å²) in [5, 5.41) is 5.80. The van der Waals surface area contributed by atoms with E-state index in [4.69, 9.17) is 4.74 Å². The van der Waals surface area contributed by atoms with Gasteiger partial charge < -0.3 is 15.4 Å². The van der Waals surface area contributed by atoms with Gasteiger partial charge in [0.1, 0.15) is 11.8 Å². The van der Waals surface area contributed by atoms with Gasteiger partial charge in [-0.25, -0.2) is 0 Å². The molecule has 2 N–H and O–H groups in total. The van der Waals surface area contributed by atoms with Crippen LogP contribution in [0, 0.1) is 0 Å². The number of hydrogen-bond acceptors (Lipinski definition) is 3. The topological polar surface area (TPSA) is 50.4 Å². The molecule has 1 unspecified atom stereocenters. The Balaban J connectivity index is 2.43. The van der Waals surface area contributed by atoms with Crippen LogP contribution in [-0.2, 0) is 4.79 Å². The molecule has 0 bridgehead atoms. The van der Waals surface area contributed by atoms with Crippen LogP contribution in [0.15, 0.2) is 16.6 Å². The Hall–Kier alpha value is -1.07. The van der Waals surface area contributed by atoms with Gasteiger partial charge in [-0.15, -0.1) is 0 Å². The molecule has 86 valence electrons. The van der Waals surface area contributed by atoms with Crippen LogP contribution in [0.3, 0.4) is 0 Å². The van der Waals surface area contributed by atoms with Crippen molar-refractivity contribution in [2.45, 2.75) is 13.0 Å². The maximum atomic E-state index is 11.6. The molecule has 1 aromatic rings. The van der Waals surface area contributed by atoms with E-state index in [0.717, 1.165) is 21.5 Å². The second-order valence-electron chi connectivity index (χ2n) is 3.51. The first kappa shape index (κ1) is 11.4. The third kappa shape index (κ3) is 1.81. The zero-order valence-corrected chi connectivity index (χ0v) is 10.7. The van der Waals surface area contributed by atoms with Gasteiger partial charge in [-0.1, -0.05) is 0 Å². The van der Waals surface area contributed by atoms with Crippen molar-refractivity contribution in [3.8, 4) is 5.75 Å². The maximum absolute atomic E-state index is 11.6. The molecule has 0 aliphatic carbocycles. The lowest BCUT2D eigenvalue weighted by molar-refractivity contribution is -0.117.